The molecular weight excluding hydrogens is 486 g/mol. The van der Waals surface area contributed by atoms with Crippen LogP contribution >= 0.6 is 11.6 Å². The average molecular weight is 515 g/mol. The van der Waals surface area contributed by atoms with Crippen molar-refractivity contribution in [3.63, 3.8) is 0 Å². The predicted octanol–water partition coefficient (Wildman–Crippen LogP) is 4.93. The first-order valence-corrected chi connectivity index (χ1v) is 13.1. The van der Waals surface area contributed by atoms with Crippen LogP contribution in [-0.4, -0.2) is 64.1 Å². The van der Waals surface area contributed by atoms with Crippen LogP contribution in [0.1, 0.15) is 30.6 Å². The van der Waals surface area contributed by atoms with E-state index in [2.05, 4.69) is 4.90 Å². The number of hydrogen-bond donors (Lipinski definition) is 0. The first-order chi connectivity index (χ1) is 16.1. The van der Waals surface area contributed by atoms with E-state index in [1.807, 2.05) is 14.0 Å². The van der Waals surface area contributed by atoms with Gasteiger partial charge in [-0.1, -0.05) is 24.9 Å². The topological polar surface area (TPSA) is 66.9 Å². The highest BCUT2D eigenvalue weighted by molar-refractivity contribution is 7.91. The molecule has 2 aromatic rings. The molecule has 0 aromatic heterocycles. The summed E-state index contributed by atoms with van der Waals surface area (Å²) in [5.74, 6) is -2.38. The van der Waals surface area contributed by atoms with Gasteiger partial charge in [0.15, 0.2) is 9.84 Å². The maximum atomic E-state index is 14.9. The molecule has 0 bridgehead atoms. The molecule has 1 aliphatic heterocycles. The molecule has 0 aliphatic carbocycles. The van der Waals surface area contributed by atoms with Crippen molar-refractivity contribution >= 4 is 27.5 Å². The predicted molar refractivity (Wildman–Crippen MR) is 127 cm³/mol. The summed E-state index contributed by atoms with van der Waals surface area (Å²) in [5, 5.41) is -1.11. The van der Waals surface area contributed by atoms with Crippen molar-refractivity contribution < 1.29 is 26.7 Å². The molecule has 1 heterocycles. The van der Waals surface area contributed by atoms with Gasteiger partial charge in [-0.2, -0.15) is 0 Å². The first-order valence-electron chi connectivity index (χ1n) is 11.2. The minimum atomic E-state index is -4.19. The molecule has 1 fully saturated rings. The highest BCUT2D eigenvalue weighted by Crippen LogP contribution is 2.39. The molecular formula is C24H29ClF2N2O4S. The Labute approximate surface area is 204 Å². The Balaban J connectivity index is 1.95. The molecule has 0 N–H and O–H groups in total. The molecule has 0 radical (unpaired) electrons. The largest absolute Gasteiger partial charge is 0.449 e. The lowest BCUT2D eigenvalue weighted by Crippen LogP contribution is -2.47. The molecule has 6 nitrogen and oxygen atoms in total. The fourth-order valence-electron chi connectivity index (χ4n) is 4.13. The van der Waals surface area contributed by atoms with Gasteiger partial charge < -0.3 is 14.5 Å². The van der Waals surface area contributed by atoms with Crippen LogP contribution in [0.25, 0.3) is 0 Å². The summed E-state index contributed by atoms with van der Waals surface area (Å²) >= 11 is 5.91. The van der Waals surface area contributed by atoms with Crippen molar-refractivity contribution in [3.05, 3.63) is 64.7 Å². The third-order valence-corrected chi connectivity index (χ3v) is 8.50. The van der Waals surface area contributed by atoms with E-state index < -0.39 is 38.7 Å². The second-order valence-corrected chi connectivity index (χ2v) is 11.0. The smallest absolute Gasteiger partial charge is 0.409 e. The number of carbonyl (C=O) groups is 1. The van der Waals surface area contributed by atoms with Crippen molar-refractivity contribution in [2.75, 3.05) is 39.8 Å². The molecule has 0 saturated carbocycles. The summed E-state index contributed by atoms with van der Waals surface area (Å²) in [7, 11) is -2.23. The van der Waals surface area contributed by atoms with Gasteiger partial charge in [0.2, 0.25) is 0 Å². The second-order valence-electron chi connectivity index (χ2n) is 8.50. The van der Waals surface area contributed by atoms with Gasteiger partial charge in [-0.3, -0.25) is 0 Å². The molecule has 2 unspecified atom stereocenters. The highest BCUT2D eigenvalue weighted by Gasteiger charge is 2.39. The lowest BCUT2D eigenvalue weighted by molar-refractivity contribution is 0.0682. The fourth-order valence-corrected chi connectivity index (χ4v) is 6.30. The molecule has 1 aliphatic rings. The number of carbonyl (C=O) groups excluding carboxylic acids is 1. The minimum Gasteiger partial charge on any atom is -0.449 e. The lowest BCUT2D eigenvalue weighted by atomic mass is 9.94. The summed E-state index contributed by atoms with van der Waals surface area (Å²) in [6, 6.07) is 8.27. The molecule has 2 aromatic carbocycles. The monoisotopic (exact) mass is 514 g/mol. The van der Waals surface area contributed by atoms with E-state index >= 15 is 0 Å². The van der Waals surface area contributed by atoms with Gasteiger partial charge in [-0.15, -0.1) is 0 Å². The molecule has 1 amide bonds. The van der Waals surface area contributed by atoms with Crippen LogP contribution in [0.2, 0.25) is 5.02 Å². The summed E-state index contributed by atoms with van der Waals surface area (Å²) in [6.45, 7) is 4.01. The number of amides is 1. The van der Waals surface area contributed by atoms with Crippen LogP contribution in [-0.2, 0) is 14.6 Å². The van der Waals surface area contributed by atoms with E-state index in [-0.39, 0.29) is 17.1 Å². The molecule has 0 spiro atoms. The SMILES string of the molecule is CCCC(COC(=O)N1CCN(C)CC1)C(c1cc(F)ccc1F)S(=O)(=O)c1ccc(Cl)cc1. The molecule has 1 saturated heterocycles. The Bertz CT molecular complexity index is 1090. The van der Waals surface area contributed by atoms with Gasteiger partial charge in [-0.25, -0.2) is 22.0 Å². The highest BCUT2D eigenvalue weighted by atomic mass is 35.5. The Hall–Kier alpha value is -2.23. The maximum absolute atomic E-state index is 14.9. The minimum absolute atomic E-state index is 0.0722. The van der Waals surface area contributed by atoms with Gasteiger partial charge in [0.05, 0.1) is 16.8 Å². The molecule has 34 heavy (non-hydrogen) atoms. The number of ether oxygens (including phenoxy) is 1. The van der Waals surface area contributed by atoms with E-state index in [1.54, 1.807) is 4.90 Å². The first kappa shape index (κ1) is 26.4. The van der Waals surface area contributed by atoms with Crippen LogP contribution < -0.4 is 0 Å². The van der Waals surface area contributed by atoms with Gasteiger partial charge >= 0.3 is 6.09 Å². The molecule has 3 rings (SSSR count). The van der Waals surface area contributed by atoms with Crippen molar-refractivity contribution in [1.82, 2.24) is 9.80 Å². The van der Waals surface area contributed by atoms with E-state index in [0.29, 0.717) is 44.0 Å². The zero-order chi connectivity index (χ0) is 24.9. The van der Waals surface area contributed by atoms with Crippen molar-refractivity contribution in [2.45, 2.75) is 29.9 Å². The third-order valence-electron chi connectivity index (χ3n) is 6.01. The van der Waals surface area contributed by atoms with Gasteiger partial charge in [0.1, 0.15) is 11.6 Å². The zero-order valence-electron chi connectivity index (χ0n) is 19.2. The van der Waals surface area contributed by atoms with Crippen LogP contribution in [0.3, 0.4) is 0 Å². The number of halogens is 3. The molecule has 2 atom stereocenters. The second kappa shape index (κ2) is 11.5. The quantitative estimate of drug-likeness (QED) is 0.499. The number of sulfone groups is 1. The van der Waals surface area contributed by atoms with E-state index in [4.69, 9.17) is 16.3 Å². The summed E-state index contributed by atoms with van der Waals surface area (Å²) in [4.78, 5) is 16.2. The van der Waals surface area contributed by atoms with Crippen molar-refractivity contribution in [2.24, 2.45) is 5.92 Å². The number of hydrogen-bond acceptors (Lipinski definition) is 5. The molecule has 186 valence electrons. The number of rotatable bonds is 8. The van der Waals surface area contributed by atoms with Crippen LogP contribution in [0.15, 0.2) is 47.4 Å². The number of likely N-dealkylation sites (N-methyl/N-ethyl adjacent to an activating group) is 1. The normalized spacial score (nSPS) is 16.8. The standard InChI is InChI=1S/C24H29ClF2N2O4S/c1-3-4-17(16-33-24(30)29-13-11-28(2)12-14-29)23(21-15-19(26)7-10-22(21)27)34(31,32)20-8-5-18(25)6-9-20/h5-10,15,17,23H,3-4,11-14,16H2,1-2H3. The van der Waals surface area contributed by atoms with Crippen LogP contribution in [0.4, 0.5) is 13.6 Å². The van der Waals surface area contributed by atoms with E-state index in [9.17, 15) is 22.0 Å². The van der Waals surface area contributed by atoms with E-state index in [0.717, 1.165) is 18.2 Å². The number of nitrogens with zero attached hydrogens (tertiary/aromatic N) is 2. The zero-order valence-corrected chi connectivity index (χ0v) is 20.8. The number of piperazine rings is 1. The Kier molecular flexibility index (Phi) is 8.89. The van der Waals surface area contributed by atoms with E-state index in [1.165, 1.54) is 24.3 Å². The Morgan fingerprint density at radius 1 is 1.09 bits per heavy atom. The van der Waals surface area contributed by atoms with Crippen LogP contribution in [0.5, 0.6) is 0 Å². The van der Waals surface area contributed by atoms with Crippen molar-refractivity contribution in [3.8, 4) is 0 Å². The average Bonchev–Trinajstić information content (AvgIpc) is 2.80. The van der Waals surface area contributed by atoms with Crippen LogP contribution in [0, 0.1) is 17.6 Å². The van der Waals surface area contributed by atoms with Gasteiger partial charge in [-0.05, 0) is 55.9 Å². The fraction of sp³-hybridized carbons (Fsp3) is 0.458. The van der Waals surface area contributed by atoms with Gasteiger partial charge in [0.25, 0.3) is 0 Å². The Morgan fingerprint density at radius 3 is 2.35 bits per heavy atom. The van der Waals surface area contributed by atoms with Gasteiger partial charge in [0, 0.05) is 42.7 Å². The molecule has 10 heteroatoms. The third kappa shape index (κ3) is 6.25. The maximum Gasteiger partial charge on any atom is 0.409 e. The summed E-state index contributed by atoms with van der Waals surface area (Å²) in [5.41, 5.74) is -0.288. The number of benzene rings is 2. The lowest BCUT2D eigenvalue weighted by Gasteiger charge is -2.33. The summed E-state index contributed by atoms with van der Waals surface area (Å²) < 4.78 is 62.0. The summed E-state index contributed by atoms with van der Waals surface area (Å²) in [6.07, 6.45) is 0.334. The Morgan fingerprint density at radius 2 is 1.74 bits per heavy atom. The van der Waals surface area contributed by atoms with Crippen molar-refractivity contribution in [1.29, 1.82) is 0 Å².